The Bertz CT molecular complexity index is 486. The maximum absolute atomic E-state index is 12.2. The Balaban J connectivity index is 1.46. The number of aromatic amines is 1. The number of carbonyl (C=O) groups excluding carboxylic acids is 1. The van der Waals surface area contributed by atoms with Crippen molar-refractivity contribution in [2.24, 2.45) is 0 Å². The molecule has 2 saturated heterocycles. The molecule has 1 aromatic heterocycles. The lowest BCUT2D eigenvalue weighted by Crippen LogP contribution is -2.41. The van der Waals surface area contributed by atoms with E-state index >= 15 is 0 Å². The molecule has 6 heteroatoms. The third kappa shape index (κ3) is 3.80. The lowest BCUT2D eigenvalue weighted by atomic mass is 9.97. The minimum Gasteiger partial charge on any atom is -0.351 e. The zero-order chi connectivity index (χ0) is 15.4. The standard InChI is InChI=1S/C16H26N4O2/c1-13-12-17-15(18-13)14-6-10-20(11-7-14)22-16(21)19-8-4-2-3-5-9-19/h12,14H,2-11H2,1H3,(H,17,18). The van der Waals surface area contributed by atoms with E-state index in [1.165, 1.54) is 12.8 Å². The zero-order valence-electron chi connectivity index (χ0n) is 13.4. The van der Waals surface area contributed by atoms with Crippen LogP contribution in [0.5, 0.6) is 0 Å². The minimum atomic E-state index is -0.172. The third-order valence-corrected chi connectivity index (χ3v) is 4.63. The topological polar surface area (TPSA) is 61.5 Å². The molecule has 0 aliphatic carbocycles. The Morgan fingerprint density at radius 2 is 1.86 bits per heavy atom. The van der Waals surface area contributed by atoms with E-state index in [1.807, 2.05) is 23.1 Å². The number of rotatable bonds is 2. The number of H-pyrrole nitrogens is 1. The molecular formula is C16H26N4O2. The van der Waals surface area contributed by atoms with Crippen LogP contribution in [0.1, 0.15) is 56.0 Å². The normalized spacial score (nSPS) is 21.6. The summed E-state index contributed by atoms with van der Waals surface area (Å²) in [4.78, 5) is 27.4. The highest BCUT2D eigenvalue weighted by Gasteiger charge is 2.26. The second kappa shape index (κ2) is 7.13. The van der Waals surface area contributed by atoms with Gasteiger partial charge < -0.3 is 14.7 Å². The summed E-state index contributed by atoms with van der Waals surface area (Å²) < 4.78 is 0. The molecule has 122 valence electrons. The molecule has 3 heterocycles. The van der Waals surface area contributed by atoms with E-state index in [0.29, 0.717) is 5.92 Å². The van der Waals surface area contributed by atoms with Crippen LogP contribution in [-0.4, -0.2) is 52.2 Å². The van der Waals surface area contributed by atoms with Gasteiger partial charge in [-0.15, -0.1) is 5.06 Å². The van der Waals surface area contributed by atoms with E-state index < -0.39 is 0 Å². The van der Waals surface area contributed by atoms with Crippen molar-refractivity contribution in [3.8, 4) is 0 Å². The molecule has 0 atom stereocenters. The number of carbonyl (C=O) groups is 1. The quantitative estimate of drug-likeness (QED) is 0.912. The largest absolute Gasteiger partial charge is 0.428 e. The molecule has 3 rings (SSSR count). The lowest BCUT2D eigenvalue weighted by molar-refractivity contribution is -0.125. The summed E-state index contributed by atoms with van der Waals surface area (Å²) in [7, 11) is 0. The molecule has 6 nitrogen and oxygen atoms in total. The van der Waals surface area contributed by atoms with Gasteiger partial charge >= 0.3 is 6.09 Å². The van der Waals surface area contributed by atoms with Crippen molar-refractivity contribution in [3.63, 3.8) is 0 Å². The molecule has 0 saturated carbocycles. The van der Waals surface area contributed by atoms with Gasteiger partial charge in [-0.1, -0.05) is 12.8 Å². The zero-order valence-corrected chi connectivity index (χ0v) is 13.4. The smallest absolute Gasteiger partial charge is 0.351 e. The maximum Gasteiger partial charge on any atom is 0.428 e. The van der Waals surface area contributed by atoms with Gasteiger partial charge in [-0.3, -0.25) is 0 Å². The van der Waals surface area contributed by atoms with Gasteiger partial charge in [0.1, 0.15) is 5.82 Å². The number of hydroxylamine groups is 2. The number of nitrogens with one attached hydrogen (secondary N) is 1. The Kier molecular flexibility index (Phi) is 4.97. The Morgan fingerprint density at radius 1 is 1.18 bits per heavy atom. The SMILES string of the molecule is Cc1cnc(C2CCN(OC(=O)N3CCCCCC3)CC2)[nH]1. The second-order valence-electron chi connectivity index (χ2n) is 6.41. The van der Waals surface area contributed by atoms with Crippen LogP contribution in [0.3, 0.4) is 0 Å². The van der Waals surface area contributed by atoms with Crippen LogP contribution in [0, 0.1) is 6.92 Å². The van der Waals surface area contributed by atoms with Crippen LogP contribution < -0.4 is 0 Å². The molecule has 2 aliphatic rings. The van der Waals surface area contributed by atoms with Gasteiger partial charge in [0.05, 0.1) is 0 Å². The second-order valence-corrected chi connectivity index (χ2v) is 6.41. The molecule has 0 unspecified atom stereocenters. The molecule has 22 heavy (non-hydrogen) atoms. The van der Waals surface area contributed by atoms with Gasteiger partial charge in [0.2, 0.25) is 0 Å². The summed E-state index contributed by atoms with van der Waals surface area (Å²) in [6.45, 7) is 5.25. The van der Waals surface area contributed by atoms with Crippen LogP contribution in [0.2, 0.25) is 0 Å². The van der Waals surface area contributed by atoms with Crippen LogP contribution >= 0.6 is 0 Å². The van der Waals surface area contributed by atoms with Crippen molar-refractivity contribution in [2.45, 2.75) is 51.4 Å². The number of nitrogens with zero attached hydrogens (tertiary/aromatic N) is 3. The molecular weight excluding hydrogens is 280 g/mol. The molecule has 0 aromatic carbocycles. The molecule has 1 amide bonds. The first-order valence-corrected chi connectivity index (χ1v) is 8.45. The summed E-state index contributed by atoms with van der Waals surface area (Å²) in [6, 6.07) is 0. The van der Waals surface area contributed by atoms with Crippen molar-refractivity contribution < 1.29 is 9.63 Å². The van der Waals surface area contributed by atoms with Crippen LogP contribution in [0.25, 0.3) is 0 Å². The van der Waals surface area contributed by atoms with E-state index in [1.54, 1.807) is 0 Å². The van der Waals surface area contributed by atoms with E-state index in [4.69, 9.17) is 4.84 Å². The fraction of sp³-hybridized carbons (Fsp3) is 0.750. The summed E-state index contributed by atoms with van der Waals surface area (Å²) in [5, 5.41) is 1.82. The van der Waals surface area contributed by atoms with Crippen molar-refractivity contribution in [3.05, 3.63) is 17.7 Å². The number of imidazole rings is 1. The number of aryl methyl sites for hydroxylation is 1. The van der Waals surface area contributed by atoms with Gasteiger partial charge in [-0.2, -0.15) is 0 Å². The first-order valence-electron chi connectivity index (χ1n) is 8.45. The van der Waals surface area contributed by atoms with Crippen LogP contribution in [0.4, 0.5) is 4.79 Å². The number of piperidine rings is 1. The maximum atomic E-state index is 12.2. The molecule has 0 spiro atoms. The van der Waals surface area contributed by atoms with E-state index in [9.17, 15) is 4.79 Å². The summed E-state index contributed by atoms with van der Waals surface area (Å²) in [5.41, 5.74) is 1.10. The highest BCUT2D eigenvalue weighted by Crippen LogP contribution is 2.26. The van der Waals surface area contributed by atoms with Gasteiger partial charge in [-0.05, 0) is 32.6 Å². The predicted molar refractivity (Wildman–Crippen MR) is 83.4 cm³/mol. The number of amides is 1. The number of hydrogen-bond donors (Lipinski definition) is 1. The highest BCUT2D eigenvalue weighted by atomic mass is 16.7. The summed E-state index contributed by atoms with van der Waals surface area (Å²) in [6.07, 6.45) is 8.27. The monoisotopic (exact) mass is 306 g/mol. The average molecular weight is 306 g/mol. The predicted octanol–water partition coefficient (Wildman–Crippen LogP) is 2.83. The van der Waals surface area contributed by atoms with Crippen molar-refractivity contribution >= 4 is 6.09 Å². The lowest BCUT2D eigenvalue weighted by Gasteiger charge is -2.31. The molecule has 2 aliphatic heterocycles. The molecule has 1 aromatic rings. The molecule has 1 N–H and O–H groups in total. The third-order valence-electron chi connectivity index (χ3n) is 4.63. The highest BCUT2D eigenvalue weighted by molar-refractivity contribution is 5.67. The van der Waals surface area contributed by atoms with Gasteiger partial charge in [0.25, 0.3) is 0 Å². The molecule has 0 bridgehead atoms. The summed E-state index contributed by atoms with van der Waals surface area (Å²) in [5.74, 6) is 1.51. The Hall–Kier alpha value is -1.56. The van der Waals surface area contributed by atoms with Crippen LogP contribution in [-0.2, 0) is 4.84 Å². The van der Waals surface area contributed by atoms with Crippen molar-refractivity contribution in [1.29, 1.82) is 0 Å². The first kappa shape index (κ1) is 15.3. The minimum absolute atomic E-state index is 0.172. The van der Waals surface area contributed by atoms with Gasteiger partial charge in [0.15, 0.2) is 0 Å². The number of likely N-dealkylation sites (tertiary alicyclic amines) is 1. The summed E-state index contributed by atoms with van der Waals surface area (Å²) >= 11 is 0. The molecule has 0 radical (unpaired) electrons. The van der Waals surface area contributed by atoms with E-state index in [2.05, 4.69) is 9.97 Å². The molecule has 2 fully saturated rings. The fourth-order valence-electron chi connectivity index (χ4n) is 3.28. The van der Waals surface area contributed by atoms with Crippen molar-refractivity contribution in [2.75, 3.05) is 26.2 Å². The van der Waals surface area contributed by atoms with Gasteiger partial charge in [0, 0.05) is 44.0 Å². The Morgan fingerprint density at radius 3 is 2.45 bits per heavy atom. The van der Waals surface area contributed by atoms with Crippen LogP contribution in [0.15, 0.2) is 6.20 Å². The fourth-order valence-corrected chi connectivity index (χ4v) is 3.28. The first-order chi connectivity index (χ1) is 10.7. The van der Waals surface area contributed by atoms with Crippen molar-refractivity contribution in [1.82, 2.24) is 19.9 Å². The van der Waals surface area contributed by atoms with E-state index in [-0.39, 0.29) is 6.09 Å². The number of aromatic nitrogens is 2. The average Bonchev–Trinajstić information content (AvgIpc) is 2.79. The number of hydrogen-bond acceptors (Lipinski definition) is 4. The Labute approximate surface area is 131 Å². The van der Waals surface area contributed by atoms with E-state index in [0.717, 1.165) is 63.4 Å². The van der Waals surface area contributed by atoms with Gasteiger partial charge in [-0.25, -0.2) is 9.78 Å².